The molecule has 0 radical (unpaired) electrons. The number of hydrogen-bond acceptors (Lipinski definition) is 6. The van der Waals surface area contributed by atoms with Crippen molar-refractivity contribution in [2.24, 2.45) is 0 Å². The molecule has 3 aromatic carbocycles. The Morgan fingerprint density at radius 2 is 1.51 bits per heavy atom. The first-order chi connectivity index (χ1) is 18.5. The van der Waals surface area contributed by atoms with Gasteiger partial charge in [0.1, 0.15) is 23.4 Å². The fourth-order valence-electron chi connectivity index (χ4n) is 4.27. The molecule has 0 aromatic heterocycles. The van der Waals surface area contributed by atoms with Crippen molar-refractivity contribution in [1.82, 2.24) is 0 Å². The molecule has 0 fully saturated rings. The first-order valence-electron chi connectivity index (χ1n) is 12.6. The number of halogens is 1. The predicted molar refractivity (Wildman–Crippen MR) is 146 cm³/mol. The largest absolute Gasteiger partial charge is 0.454 e. The Morgan fingerprint density at radius 3 is 2.15 bits per heavy atom. The van der Waals surface area contributed by atoms with Crippen molar-refractivity contribution in [1.29, 1.82) is 0 Å². The molecule has 0 heterocycles. The van der Waals surface area contributed by atoms with E-state index in [0.29, 0.717) is 34.2 Å². The van der Waals surface area contributed by atoms with Gasteiger partial charge in [-0.05, 0) is 78.8 Å². The zero-order chi connectivity index (χ0) is 28.3. The van der Waals surface area contributed by atoms with E-state index in [9.17, 15) is 14.4 Å². The van der Waals surface area contributed by atoms with Crippen molar-refractivity contribution in [3.63, 3.8) is 0 Å². The molecule has 0 N–H and O–H groups in total. The molecule has 0 aliphatic heterocycles. The number of carbonyl (C=O) groups excluding carboxylic acids is 3. The number of aryl methyl sites for hydroxylation is 1. The lowest BCUT2D eigenvalue weighted by atomic mass is 9.96. The van der Waals surface area contributed by atoms with Crippen LogP contribution in [-0.4, -0.2) is 17.9 Å². The Labute approximate surface area is 226 Å². The number of benzene rings is 3. The summed E-state index contributed by atoms with van der Waals surface area (Å²) < 4.78 is 31.8. The predicted octanol–water partition coefficient (Wildman–Crippen LogP) is 7.06. The van der Waals surface area contributed by atoms with Gasteiger partial charge in [-0.1, -0.05) is 44.3 Å². The van der Waals surface area contributed by atoms with E-state index >= 15 is 4.39 Å². The molecule has 4 rings (SSSR count). The molecule has 6 nitrogen and oxygen atoms in total. The van der Waals surface area contributed by atoms with Crippen LogP contribution in [0.15, 0.2) is 78.9 Å². The summed E-state index contributed by atoms with van der Waals surface area (Å²) in [7, 11) is 0. The minimum absolute atomic E-state index is 0.137. The number of esters is 3. The second-order valence-corrected chi connectivity index (χ2v) is 9.51. The van der Waals surface area contributed by atoms with E-state index in [4.69, 9.17) is 14.2 Å². The lowest BCUT2D eigenvalue weighted by Gasteiger charge is -2.15. The summed E-state index contributed by atoms with van der Waals surface area (Å²) in [4.78, 5) is 36.0. The summed E-state index contributed by atoms with van der Waals surface area (Å²) in [5, 5.41) is 0. The number of carbonyl (C=O) groups is 3. The van der Waals surface area contributed by atoms with Crippen molar-refractivity contribution in [2.75, 3.05) is 0 Å². The Balaban J connectivity index is 1.67. The summed E-state index contributed by atoms with van der Waals surface area (Å²) in [6.45, 7) is 12.0. The summed E-state index contributed by atoms with van der Waals surface area (Å²) in [6.07, 6.45) is 1.18. The highest BCUT2D eigenvalue weighted by atomic mass is 19.1. The Kier molecular flexibility index (Phi) is 8.10. The summed E-state index contributed by atoms with van der Waals surface area (Å²) in [5.74, 6) is -1.72. The number of rotatable bonds is 8. The molecule has 3 aromatic rings. The monoisotopic (exact) mass is 528 g/mol. The molecule has 0 saturated carbocycles. The zero-order valence-corrected chi connectivity index (χ0v) is 22.1. The van der Waals surface area contributed by atoms with Gasteiger partial charge >= 0.3 is 17.9 Å². The Hall–Kier alpha value is -4.52. The average Bonchev–Trinajstić information content (AvgIpc) is 3.29. The molecule has 0 saturated heterocycles. The van der Waals surface area contributed by atoms with E-state index in [1.165, 1.54) is 19.1 Å². The van der Waals surface area contributed by atoms with Gasteiger partial charge in [0, 0.05) is 29.2 Å². The molecule has 7 heteroatoms. The van der Waals surface area contributed by atoms with Crippen LogP contribution >= 0.6 is 0 Å². The van der Waals surface area contributed by atoms with E-state index < -0.39 is 29.8 Å². The SMILES string of the molecule is C=C(C)C(=O)Oc1cc(OC(=O)CC)cc(-c2ccc(-c3ccc4c(c3)C(OC(=O)C(=C)C)CC4)c(F)c2)c1. The van der Waals surface area contributed by atoms with Crippen LogP contribution in [0.3, 0.4) is 0 Å². The third-order valence-electron chi connectivity index (χ3n) is 6.34. The van der Waals surface area contributed by atoms with Crippen molar-refractivity contribution in [3.05, 3.63) is 95.8 Å². The lowest BCUT2D eigenvalue weighted by Crippen LogP contribution is -2.09. The normalized spacial score (nSPS) is 13.8. The van der Waals surface area contributed by atoms with Gasteiger partial charge in [-0.2, -0.15) is 0 Å². The molecular formula is C32H29FO6. The second kappa shape index (κ2) is 11.5. The van der Waals surface area contributed by atoms with Gasteiger partial charge in [-0.3, -0.25) is 4.79 Å². The molecule has 200 valence electrons. The van der Waals surface area contributed by atoms with Crippen LogP contribution in [0.4, 0.5) is 4.39 Å². The van der Waals surface area contributed by atoms with E-state index in [2.05, 4.69) is 13.2 Å². The van der Waals surface area contributed by atoms with Crippen molar-refractivity contribution in [3.8, 4) is 33.8 Å². The molecule has 1 aliphatic rings. The van der Waals surface area contributed by atoms with E-state index in [1.54, 1.807) is 38.1 Å². The molecule has 0 bridgehead atoms. The third-order valence-corrected chi connectivity index (χ3v) is 6.34. The van der Waals surface area contributed by atoms with Crippen molar-refractivity contribution >= 4 is 17.9 Å². The van der Waals surface area contributed by atoms with Crippen molar-refractivity contribution < 1.29 is 33.0 Å². The van der Waals surface area contributed by atoms with Crippen LogP contribution in [0.2, 0.25) is 0 Å². The van der Waals surface area contributed by atoms with Crippen LogP contribution < -0.4 is 9.47 Å². The van der Waals surface area contributed by atoms with Gasteiger partial charge < -0.3 is 14.2 Å². The maximum Gasteiger partial charge on any atom is 0.338 e. The van der Waals surface area contributed by atoms with E-state index in [-0.39, 0.29) is 23.5 Å². The minimum atomic E-state index is -0.634. The van der Waals surface area contributed by atoms with Gasteiger partial charge in [0.2, 0.25) is 0 Å². The van der Waals surface area contributed by atoms with Crippen LogP contribution in [-0.2, 0) is 25.5 Å². The topological polar surface area (TPSA) is 78.9 Å². The second-order valence-electron chi connectivity index (χ2n) is 9.51. The summed E-state index contributed by atoms with van der Waals surface area (Å²) in [6, 6.07) is 15.0. The molecule has 1 unspecified atom stereocenters. The number of fused-ring (bicyclic) bond motifs is 1. The molecule has 0 spiro atoms. The fraction of sp³-hybridized carbons (Fsp3) is 0.219. The Bertz CT molecular complexity index is 1500. The highest BCUT2D eigenvalue weighted by molar-refractivity contribution is 5.89. The van der Waals surface area contributed by atoms with Crippen LogP contribution in [0.5, 0.6) is 11.5 Å². The molecular weight excluding hydrogens is 499 g/mol. The maximum atomic E-state index is 15.5. The Morgan fingerprint density at radius 1 is 0.846 bits per heavy atom. The first-order valence-corrected chi connectivity index (χ1v) is 12.6. The smallest absolute Gasteiger partial charge is 0.338 e. The van der Waals surface area contributed by atoms with Gasteiger partial charge in [0.05, 0.1) is 0 Å². The highest BCUT2D eigenvalue weighted by Gasteiger charge is 2.27. The summed E-state index contributed by atoms with van der Waals surface area (Å²) >= 11 is 0. The lowest BCUT2D eigenvalue weighted by molar-refractivity contribution is -0.144. The number of ether oxygens (including phenoxy) is 3. The molecule has 39 heavy (non-hydrogen) atoms. The van der Waals surface area contributed by atoms with E-state index in [0.717, 1.165) is 17.5 Å². The van der Waals surface area contributed by atoms with Crippen molar-refractivity contribution in [2.45, 2.75) is 46.1 Å². The van der Waals surface area contributed by atoms with Gasteiger partial charge in [0.15, 0.2) is 0 Å². The number of hydrogen-bond donors (Lipinski definition) is 0. The molecule has 0 amide bonds. The first kappa shape index (κ1) is 27.5. The van der Waals surface area contributed by atoms with Crippen LogP contribution in [0.1, 0.15) is 50.8 Å². The molecule has 1 atom stereocenters. The van der Waals surface area contributed by atoms with Gasteiger partial charge in [-0.15, -0.1) is 0 Å². The molecule has 1 aliphatic carbocycles. The standard InChI is InChI=1S/C32H29FO6/c1-6-30(34)37-24-13-23(14-25(17-24)38-31(35)18(2)3)21-9-11-26(28(33)16-21)22-8-7-20-10-12-29(27(20)15-22)39-32(36)19(4)5/h7-9,11,13-17,29H,2,4,6,10,12H2,1,3,5H3. The van der Waals surface area contributed by atoms with Gasteiger partial charge in [-0.25, -0.2) is 14.0 Å². The van der Waals surface area contributed by atoms with Gasteiger partial charge in [0.25, 0.3) is 0 Å². The fourth-order valence-corrected chi connectivity index (χ4v) is 4.27. The zero-order valence-electron chi connectivity index (χ0n) is 22.1. The highest BCUT2D eigenvalue weighted by Crippen LogP contribution is 2.39. The van der Waals surface area contributed by atoms with Crippen LogP contribution in [0.25, 0.3) is 22.3 Å². The maximum absolute atomic E-state index is 15.5. The quantitative estimate of drug-likeness (QED) is 0.177. The third kappa shape index (κ3) is 6.32. The summed E-state index contributed by atoms with van der Waals surface area (Å²) in [5.41, 5.74) is 4.46. The minimum Gasteiger partial charge on any atom is -0.454 e. The average molecular weight is 529 g/mol. The van der Waals surface area contributed by atoms with Crippen LogP contribution in [0, 0.1) is 5.82 Å². The van der Waals surface area contributed by atoms with E-state index in [1.807, 2.05) is 18.2 Å².